The van der Waals surface area contributed by atoms with Crippen LogP contribution in [0, 0.1) is 5.41 Å². The van der Waals surface area contributed by atoms with Gasteiger partial charge in [-0.2, -0.15) is 0 Å². The zero-order valence-electron chi connectivity index (χ0n) is 9.43. The van der Waals surface area contributed by atoms with E-state index in [1.807, 2.05) is 6.92 Å². The minimum absolute atomic E-state index is 0.0262. The first-order valence-corrected chi connectivity index (χ1v) is 5.41. The number of hydrogen-bond acceptors (Lipinski definition) is 2. The molecule has 1 saturated heterocycles. The van der Waals surface area contributed by atoms with Crippen LogP contribution >= 0.6 is 0 Å². The summed E-state index contributed by atoms with van der Waals surface area (Å²) in [7, 11) is 0. The summed E-state index contributed by atoms with van der Waals surface area (Å²) in [5.41, 5.74) is 1.06. The molecule has 1 rings (SSSR count). The van der Waals surface area contributed by atoms with Crippen molar-refractivity contribution in [2.75, 3.05) is 6.61 Å². The van der Waals surface area contributed by atoms with E-state index in [-0.39, 0.29) is 11.4 Å². The Bertz CT molecular complexity index is 243. The molecule has 0 aromatic carbocycles. The fourth-order valence-corrected chi connectivity index (χ4v) is 1.88. The molecule has 2 heteroatoms. The van der Waals surface area contributed by atoms with Gasteiger partial charge in [0.25, 0.3) is 0 Å². The third kappa shape index (κ3) is 2.60. The summed E-state index contributed by atoms with van der Waals surface area (Å²) in [6, 6.07) is 0. The number of carbonyl (C=O) groups excluding carboxylic acids is 1. The van der Waals surface area contributed by atoms with Gasteiger partial charge in [-0.15, -0.1) is 0 Å². The Morgan fingerprint density at radius 2 is 2.36 bits per heavy atom. The first-order chi connectivity index (χ1) is 6.58. The summed E-state index contributed by atoms with van der Waals surface area (Å²) in [6.45, 7) is 6.86. The highest BCUT2D eigenvalue weighted by atomic mass is 16.5. The van der Waals surface area contributed by atoms with Crippen LogP contribution in [0.2, 0.25) is 0 Å². The van der Waals surface area contributed by atoms with E-state index < -0.39 is 0 Å². The summed E-state index contributed by atoms with van der Waals surface area (Å²) in [6.07, 6.45) is 6.22. The number of carbonyl (C=O) groups is 1. The number of rotatable bonds is 4. The van der Waals surface area contributed by atoms with E-state index in [9.17, 15) is 4.79 Å². The van der Waals surface area contributed by atoms with Gasteiger partial charge in [0.2, 0.25) is 0 Å². The van der Waals surface area contributed by atoms with E-state index in [4.69, 9.17) is 4.74 Å². The summed E-state index contributed by atoms with van der Waals surface area (Å²) >= 11 is 0. The van der Waals surface area contributed by atoms with Crippen molar-refractivity contribution in [2.45, 2.75) is 46.5 Å². The normalized spacial score (nSPS) is 27.9. The van der Waals surface area contributed by atoms with Crippen LogP contribution in [-0.4, -0.2) is 12.6 Å². The van der Waals surface area contributed by atoms with Gasteiger partial charge in [-0.3, -0.25) is 4.79 Å². The lowest BCUT2D eigenvalue weighted by Crippen LogP contribution is -2.22. The fraction of sp³-hybridized carbons (Fsp3) is 0.750. The van der Waals surface area contributed by atoms with E-state index in [2.05, 4.69) is 19.9 Å². The van der Waals surface area contributed by atoms with Gasteiger partial charge in [0.1, 0.15) is 0 Å². The third-order valence-corrected chi connectivity index (χ3v) is 2.83. The second kappa shape index (κ2) is 4.63. The lowest BCUT2D eigenvalue weighted by molar-refractivity contribution is -0.145. The molecule has 1 atom stereocenters. The van der Waals surface area contributed by atoms with Gasteiger partial charge in [-0.25, -0.2) is 0 Å². The van der Waals surface area contributed by atoms with Gasteiger partial charge in [0, 0.05) is 0 Å². The van der Waals surface area contributed by atoms with Gasteiger partial charge >= 0.3 is 5.97 Å². The highest BCUT2D eigenvalue weighted by Gasteiger charge is 2.39. The molecule has 0 aliphatic carbocycles. The van der Waals surface area contributed by atoms with Gasteiger partial charge in [-0.05, 0) is 33.1 Å². The minimum atomic E-state index is -0.256. The van der Waals surface area contributed by atoms with Crippen LogP contribution in [0.4, 0.5) is 0 Å². The van der Waals surface area contributed by atoms with Gasteiger partial charge in [0.15, 0.2) is 0 Å². The monoisotopic (exact) mass is 196 g/mol. The van der Waals surface area contributed by atoms with Gasteiger partial charge in [-0.1, -0.05) is 25.0 Å². The lowest BCUT2D eigenvalue weighted by atomic mass is 9.82. The van der Waals surface area contributed by atoms with Crippen molar-refractivity contribution in [1.29, 1.82) is 0 Å². The Balaban J connectivity index is 2.54. The molecule has 0 saturated carbocycles. The Labute approximate surface area is 86.3 Å². The predicted molar refractivity (Wildman–Crippen MR) is 57.0 cm³/mol. The first kappa shape index (κ1) is 11.3. The molecule has 0 radical (unpaired) electrons. The Morgan fingerprint density at radius 3 is 2.86 bits per heavy atom. The molecule has 0 spiro atoms. The van der Waals surface area contributed by atoms with E-state index >= 15 is 0 Å². The second-order valence-electron chi connectivity index (χ2n) is 4.46. The average molecular weight is 196 g/mol. The largest absolute Gasteiger partial charge is 0.465 e. The molecule has 1 heterocycles. The summed E-state index contributed by atoms with van der Waals surface area (Å²) in [5, 5.41) is 0. The summed E-state index contributed by atoms with van der Waals surface area (Å²) < 4.78 is 5.01. The van der Waals surface area contributed by atoms with Crippen LogP contribution in [0.15, 0.2) is 11.6 Å². The molecule has 1 unspecified atom stereocenters. The molecule has 0 aromatic heterocycles. The summed E-state index contributed by atoms with van der Waals surface area (Å²) in [4.78, 5) is 11.5. The number of hydrogen-bond donors (Lipinski definition) is 0. The topological polar surface area (TPSA) is 26.3 Å². The highest BCUT2D eigenvalue weighted by Crippen LogP contribution is 2.35. The molecule has 0 amide bonds. The maximum atomic E-state index is 11.5. The van der Waals surface area contributed by atoms with Crippen molar-refractivity contribution in [2.24, 2.45) is 5.41 Å². The molecule has 0 N–H and O–H groups in total. The highest BCUT2D eigenvalue weighted by molar-refractivity contribution is 5.78. The van der Waals surface area contributed by atoms with Crippen LogP contribution in [-0.2, 0) is 9.53 Å². The molecule has 1 aliphatic heterocycles. The SMILES string of the molecule is CCC/C=C(\C)CC1(C)CCOC1=O. The number of ether oxygens (including phenoxy) is 1. The number of esters is 1. The van der Waals surface area contributed by atoms with Gasteiger partial charge < -0.3 is 4.74 Å². The molecular formula is C12H20O2. The number of unbranched alkanes of at least 4 members (excludes halogenated alkanes) is 1. The standard InChI is InChI=1S/C12H20O2/c1-4-5-6-10(2)9-12(3)7-8-14-11(12)13/h6H,4-5,7-9H2,1-3H3/b10-6+. The second-order valence-corrected chi connectivity index (χ2v) is 4.46. The van der Waals surface area contributed by atoms with E-state index in [1.54, 1.807) is 0 Å². The molecule has 0 aromatic rings. The van der Waals surface area contributed by atoms with Crippen LogP contribution in [0.3, 0.4) is 0 Å². The molecular weight excluding hydrogens is 176 g/mol. The molecule has 80 valence electrons. The molecule has 1 fully saturated rings. The van der Waals surface area contributed by atoms with Crippen molar-refractivity contribution < 1.29 is 9.53 Å². The van der Waals surface area contributed by atoms with Crippen molar-refractivity contribution >= 4 is 5.97 Å². The van der Waals surface area contributed by atoms with Gasteiger partial charge in [0.05, 0.1) is 12.0 Å². The fourth-order valence-electron chi connectivity index (χ4n) is 1.88. The van der Waals surface area contributed by atoms with Crippen LogP contribution in [0.1, 0.15) is 46.5 Å². The van der Waals surface area contributed by atoms with Crippen LogP contribution in [0.25, 0.3) is 0 Å². The Morgan fingerprint density at radius 1 is 1.64 bits per heavy atom. The van der Waals surface area contributed by atoms with Crippen LogP contribution < -0.4 is 0 Å². The van der Waals surface area contributed by atoms with E-state index in [0.29, 0.717) is 6.61 Å². The Kier molecular flexibility index (Phi) is 3.73. The van der Waals surface area contributed by atoms with E-state index in [1.165, 1.54) is 12.0 Å². The molecule has 0 bridgehead atoms. The zero-order chi connectivity index (χ0) is 10.6. The number of cyclic esters (lactones) is 1. The van der Waals surface area contributed by atoms with Crippen molar-refractivity contribution in [3.63, 3.8) is 0 Å². The zero-order valence-corrected chi connectivity index (χ0v) is 9.43. The number of allylic oxidation sites excluding steroid dienone is 2. The first-order valence-electron chi connectivity index (χ1n) is 5.41. The maximum Gasteiger partial charge on any atom is 0.312 e. The minimum Gasteiger partial charge on any atom is -0.465 e. The molecule has 1 aliphatic rings. The van der Waals surface area contributed by atoms with Crippen molar-refractivity contribution in [3.8, 4) is 0 Å². The summed E-state index contributed by atoms with van der Waals surface area (Å²) in [5.74, 6) is -0.0262. The lowest BCUT2D eigenvalue weighted by Gasteiger charge is -2.18. The van der Waals surface area contributed by atoms with Crippen molar-refractivity contribution in [1.82, 2.24) is 0 Å². The van der Waals surface area contributed by atoms with Crippen LogP contribution in [0.5, 0.6) is 0 Å². The van der Waals surface area contributed by atoms with E-state index in [0.717, 1.165) is 19.3 Å². The van der Waals surface area contributed by atoms with Crippen molar-refractivity contribution in [3.05, 3.63) is 11.6 Å². The molecule has 14 heavy (non-hydrogen) atoms. The smallest absolute Gasteiger partial charge is 0.312 e. The predicted octanol–water partition coefficient (Wildman–Crippen LogP) is 3.08. The molecule has 2 nitrogen and oxygen atoms in total. The average Bonchev–Trinajstić information content (AvgIpc) is 2.43. The quantitative estimate of drug-likeness (QED) is 0.510. The third-order valence-electron chi connectivity index (χ3n) is 2.83. The Hall–Kier alpha value is -0.790. The maximum absolute atomic E-state index is 11.5.